The minimum absolute atomic E-state index is 0.195. The van der Waals surface area contributed by atoms with Crippen LogP contribution in [0, 0.1) is 12.8 Å². The number of likely N-dealkylation sites (tertiary alicyclic amines) is 1. The molecule has 1 fully saturated rings. The molecule has 1 amide bonds. The molecule has 1 aromatic carbocycles. The van der Waals surface area contributed by atoms with Gasteiger partial charge in [-0.3, -0.25) is 4.79 Å². The normalized spacial score (nSPS) is 22.3. The van der Waals surface area contributed by atoms with E-state index in [2.05, 4.69) is 19.2 Å². The third-order valence-corrected chi connectivity index (χ3v) is 4.58. The zero-order valence-electron chi connectivity index (χ0n) is 13.6. The highest BCUT2D eigenvalue weighted by atomic mass is 16.2. The zero-order chi connectivity index (χ0) is 15.2. The van der Waals surface area contributed by atoms with Gasteiger partial charge in [-0.25, -0.2) is 0 Å². The molecule has 1 aliphatic heterocycles. The van der Waals surface area contributed by atoms with Gasteiger partial charge in [0.15, 0.2) is 0 Å². The van der Waals surface area contributed by atoms with E-state index >= 15 is 0 Å². The van der Waals surface area contributed by atoms with E-state index in [-0.39, 0.29) is 5.91 Å². The van der Waals surface area contributed by atoms with Gasteiger partial charge in [-0.1, -0.05) is 38.5 Å². The number of aryl methyl sites for hydroxylation is 1. The average molecular weight is 288 g/mol. The number of nitrogens with zero attached hydrogens (tertiary/aromatic N) is 1. The summed E-state index contributed by atoms with van der Waals surface area (Å²) in [7, 11) is 0. The number of nitrogens with one attached hydrogen (secondary N) is 1. The largest absolute Gasteiger partial charge is 0.338 e. The summed E-state index contributed by atoms with van der Waals surface area (Å²) in [4.78, 5) is 14.8. The van der Waals surface area contributed by atoms with Crippen LogP contribution in [-0.2, 0) is 0 Å². The Hall–Kier alpha value is -1.35. The van der Waals surface area contributed by atoms with Crippen molar-refractivity contribution in [1.82, 2.24) is 10.2 Å². The van der Waals surface area contributed by atoms with Crippen molar-refractivity contribution in [1.29, 1.82) is 0 Å². The second kappa shape index (κ2) is 7.60. The van der Waals surface area contributed by atoms with E-state index in [9.17, 15) is 4.79 Å². The van der Waals surface area contributed by atoms with Gasteiger partial charge in [-0.15, -0.1) is 0 Å². The van der Waals surface area contributed by atoms with Crippen LogP contribution in [0.25, 0.3) is 0 Å². The van der Waals surface area contributed by atoms with E-state index in [0.717, 1.165) is 43.6 Å². The topological polar surface area (TPSA) is 32.3 Å². The van der Waals surface area contributed by atoms with Gasteiger partial charge in [-0.05, 0) is 43.9 Å². The van der Waals surface area contributed by atoms with Crippen LogP contribution in [0.3, 0.4) is 0 Å². The molecule has 21 heavy (non-hydrogen) atoms. The van der Waals surface area contributed by atoms with E-state index in [1.165, 1.54) is 6.42 Å². The van der Waals surface area contributed by atoms with Crippen LogP contribution in [0.4, 0.5) is 0 Å². The maximum atomic E-state index is 12.7. The molecule has 1 aliphatic rings. The van der Waals surface area contributed by atoms with Gasteiger partial charge < -0.3 is 10.2 Å². The molecule has 116 valence electrons. The molecule has 2 rings (SSSR count). The monoisotopic (exact) mass is 288 g/mol. The van der Waals surface area contributed by atoms with Crippen LogP contribution >= 0.6 is 0 Å². The van der Waals surface area contributed by atoms with E-state index in [1.807, 2.05) is 36.1 Å². The number of carbonyl (C=O) groups excluding carboxylic acids is 1. The molecule has 2 unspecified atom stereocenters. The van der Waals surface area contributed by atoms with Crippen molar-refractivity contribution in [2.24, 2.45) is 5.92 Å². The Balaban J connectivity index is 2.03. The Kier molecular flexibility index (Phi) is 5.80. The minimum atomic E-state index is 0.195. The first-order valence-electron chi connectivity index (χ1n) is 8.25. The summed E-state index contributed by atoms with van der Waals surface area (Å²) < 4.78 is 0. The molecular weight excluding hydrogens is 260 g/mol. The van der Waals surface area contributed by atoms with E-state index < -0.39 is 0 Å². The molecule has 0 bridgehead atoms. The van der Waals surface area contributed by atoms with Gasteiger partial charge in [0, 0.05) is 24.7 Å². The Labute approximate surface area is 128 Å². The molecule has 0 saturated carbocycles. The Morgan fingerprint density at radius 3 is 2.76 bits per heavy atom. The first-order chi connectivity index (χ1) is 10.2. The van der Waals surface area contributed by atoms with Crippen LogP contribution in [0.5, 0.6) is 0 Å². The number of rotatable bonds is 5. The van der Waals surface area contributed by atoms with Gasteiger partial charge >= 0.3 is 0 Å². The molecule has 1 aromatic rings. The van der Waals surface area contributed by atoms with Crippen LogP contribution < -0.4 is 5.32 Å². The predicted octanol–water partition coefficient (Wildman–Crippen LogP) is 3.24. The summed E-state index contributed by atoms with van der Waals surface area (Å²) in [6, 6.07) is 8.46. The van der Waals surface area contributed by atoms with Gasteiger partial charge in [-0.2, -0.15) is 0 Å². The molecular formula is C18H28N2O. The number of hydrogen-bond donors (Lipinski definition) is 1. The lowest BCUT2D eigenvalue weighted by Crippen LogP contribution is -2.51. The molecule has 3 nitrogen and oxygen atoms in total. The lowest BCUT2D eigenvalue weighted by molar-refractivity contribution is 0.0626. The quantitative estimate of drug-likeness (QED) is 0.902. The SMILES string of the molecule is CCCNC1CCN(C(=O)c2ccccc2C)CC1CC. The number of carbonyl (C=O) groups is 1. The van der Waals surface area contributed by atoms with Crippen molar-refractivity contribution in [3.8, 4) is 0 Å². The smallest absolute Gasteiger partial charge is 0.254 e. The number of piperidine rings is 1. The molecule has 2 atom stereocenters. The fourth-order valence-electron chi connectivity index (χ4n) is 3.21. The molecule has 1 N–H and O–H groups in total. The van der Waals surface area contributed by atoms with Crippen molar-refractivity contribution < 1.29 is 4.79 Å². The van der Waals surface area contributed by atoms with Gasteiger partial charge in [0.05, 0.1) is 0 Å². The van der Waals surface area contributed by atoms with Gasteiger partial charge in [0.25, 0.3) is 5.91 Å². The van der Waals surface area contributed by atoms with Gasteiger partial charge in [0.2, 0.25) is 0 Å². The molecule has 0 spiro atoms. The molecule has 1 saturated heterocycles. The Bertz CT molecular complexity index is 472. The molecule has 1 heterocycles. The number of amides is 1. The summed E-state index contributed by atoms with van der Waals surface area (Å²) in [5.41, 5.74) is 1.93. The van der Waals surface area contributed by atoms with Crippen LogP contribution in [0.2, 0.25) is 0 Å². The van der Waals surface area contributed by atoms with Crippen molar-refractivity contribution >= 4 is 5.91 Å². The van der Waals surface area contributed by atoms with Gasteiger partial charge in [0.1, 0.15) is 0 Å². The Morgan fingerprint density at radius 2 is 2.10 bits per heavy atom. The number of benzene rings is 1. The maximum Gasteiger partial charge on any atom is 0.254 e. The highest BCUT2D eigenvalue weighted by Crippen LogP contribution is 2.22. The molecule has 0 radical (unpaired) electrons. The molecule has 0 aliphatic carbocycles. The second-order valence-corrected chi connectivity index (χ2v) is 6.08. The van der Waals surface area contributed by atoms with Crippen LogP contribution in [0.1, 0.15) is 49.0 Å². The van der Waals surface area contributed by atoms with Crippen molar-refractivity contribution in [2.45, 2.75) is 46.1 Å². The fraction of sp³-hybridized carbons (Fsp3) is 0.611. The summed E-state index contributed by atoms with van der Waals surface area (Å²) in [6.45, 7) is 9.26. The number of hydrogen-bond acceptors (Lipinski definition) is 2. The van der Waals surface area contributed by atoms with Crippen LogP contribution in [-0.4, -0.2) is 36.5 Å². The third kappa shape index (κ3) is 3.85. The Morgan fingerprint density at radius 1 is 1.33 bits per heavy atom. The van der Waals surface area contributed by atoms with E-state index in [1.54, 1.807) is 0 Å². The van der Waals surface area contributed by atoms with E-state index in [0.29, 0.717) is 12.0 Å². The highest BCUT2D eigenvalue weighted by Gasteiger charge is 2.30. The highest BCUT2D eigenvalue weighted by molar-refractivity contribution is 5.95. The maximum absolute atomic E-state index is 12.7. The molecule has 3 heteroatoms. The lowest BCUT2D eigenvalue weighted by atomic mass is 9.89. The fourth-order valence-corrected chi connectivity index (χ4v) is 3.21. The lowest BCUT2D eigenvalue weighted by Gasteiger charge is -2.39. The first-order valence-corrected chi connectivity index (χ1v) is 8.25. The minimum Gasteiger partial charge on any atom is -0.338 e. The summed E-state index contributed by atoms with van der Waals surface area (Å²) in [5.74, 6) is 0.763. The predicted molar refractivity (Wildman–Crippen MR) is 87.6 cm³/mol. The standard InChI is InChI=1S/C18H28N2O/c1-4-11-19-17-10-12-20(13-15(17)5-2)18(21)16-9-7-6-8-14(16)3/h6-9,15,17,19H,4-5,10-13H2,1-3H3. The first kappa shape index (κ1) is 16.0. The van der Waals surface area contributed by atoms with E-state index in [4.69, 9.17) is 0 Å². The van der Waals surface area contributed by atoms with Crippen LogP contribution in [0.15, 0.2) is 24.3 Å². The van der Waals surface area contributed by atoms with Crippen molar-refractivity contribution in [3.63, 3.8) is 0 Å². The molecule has 0 aromatic heterocycles. The van der Waals surface area contributed by atoms with Crippen molar-refractivity contribution in [3.05, 3.63) is 35.4 Å². The second-order valence-electron chi connectivity index (χ2n) is 6.08. The summed E-state index contributed by atoms with van der Waals surface area (Å²) in [5, 5.41) is 3.64. The summed E-state index contributed by atoms with van der Waals surface area (Å²) >= 11 is 0. The van der Waals surface area contributed by atoms with Crippen molar-refractivity contribution in [2.75, 3.05) is 19.6 Å². The summed E-state index contributed by atoms with van der Waals surface area (Å²) in [6.07, 6.45) is 3.36. The third-order valence-electron chi connectivity index (χ3n) is 4.58. The average Bonchev–Trinajstić information content (AvgIpc) is 2.52. The zero-order valence-corrected chi connectivity index (χ0v) is 13.6.